The van der Waals surface area contributed by atoms with Crippen LogP contribution in [0.2, 0.25) is 0 Å². The molecule has 0 saturated carbocycles. The molecule has 5 nitrogen and oxygen atoms in total. The first-order valence-electron chi connectivity index (χ1n) is 8.10. The Bertz CT molecular complexity index is 933. The van der Waals surface area contributed by atoms with Crippen LogP contribution in [0.3, 0.4) is 0 Å². The van der Waals surface area contributed by atoms with Crippen molar-refractivity contribution in [2.75, 3.05) is 11.4 Å². The molecule has 4 rings (SSSR count). The molecule has 6 heteroatoms. The number of nitrogens with zero attached hydrogens (tertiary/aromatic N) is 2. The van der Waals surface area contributed by atoms with Crippen LogP contribution in [0.5, 0.6) is 0 Å². The Balaban J connectivity index is 1.50. The summed E-state index contributed by atoms with van der Waals surface area (Å²) in [5, 5.41) is 10.3. The van der Waals surface area contributed by atoms with E-state index in [1.54, 1.807) is 22.3 Å². The van der Waals surface area contributed by atoms with E-state index in [1.807, 2.05) is 42.5 Å². The molecule has 0 spiro atoms. The second kappa shape index (κ2) is 6.29. The lowest BCUT2D eigenvalue weighted by Crippen LogP contribution is -2.31. The highest BCUT2D eigenvalue weighted by molar-refractivity contribution is 7.18. The Morgan fingerprint density at radius 1 is 1.16 bits per heavy atom. The number of rotatable bonds is 4. The van der Waals surface area contributed by atoms with Crippen LogP contribution in [-0.2, 0) is 16.0 Å². The summed E-state index contributed by atoms with van der Waals surface area (Å²) < 4.78 is 1.11. The molecule has 0 bridgehead atoms. The molecule has 0 unspecified atom stereocenters. The summed E-state index contributed by atoms with van der Waals surface area (Å²) in [5.41, 5.74) is 2.37. The lowest BCUT2D eigenvalue weighted by molar-refractivity contribution is -0.138. The number of carbonyl (C=O) groups is 2. The zero-order valence-corrected chi connectivity index (χ0v) is 14.2. The molecule has 0 fully saturated rings. The van der Waals surface area contributed by atoms with Gasteiger partial charge in [-0.15, -0.1) is 11.3 Å². The van der Waals surface area contributed by atoms with E-state index in [1.165, 1.54) is 0 Å². The Hall–Kier alpha value is -2.73. The van der Waals surface area contributed by atoms with Gasteiger partial charge in [-0.3, -0.25) is 9.59 Å². The fraction of sp³-hybridized carbons (Fsp3) is 0.211. The van der Waals surface area contributed by atoms with Gasteiger partial charge in [-0.1, -0.05) is 30.3 Å². The van der Waals surface area contributed by atoms with Gasteiger partial charge in [-0.2, -0.15) is 0 Å². The summed E-state index contributed by atoms with van der Waals surface area (Å²) >= 11 is 1.60. The number of benzene rings is 2. The van der Waals surface area contributed by atoms with Gasteiger partial charge in [0.25, 0.3) is 0 Å². The van der Waals surface area contributed by atoms with Crippen molar-refractivity contribution < 1.29 is 14.7 Å². The maximum absolute atomic E-state index is 12.7. The molecule has 0 aliphatic carbocycles. The molecule has 126 valence electrons. The predicted octanol–water partition coefficient (Wildman–Crippen LogP) is 3.44. The molecule has 1 aliphatic rings. The normalized spacial score (nSPS) is 16.2. The summed E-state index contributed by atoms with van der Waals surface area (Å²) in [6.45, 7) is 0.202. The first-order chi connectivity index (χ1) is 12.1. The highest BCUT2D eigenvalue weighted by Crippen LogP contribution is 2.36. The predicted molar refractivity (Wildman–Crippen MR) is 97.1 cm³/mol. The lowest BCUT2D eigenvalue weighted by atomic mass is 10.0. The van der Waals surface area contributed by atoms with Crippen molar-refractivity contribution in [1.82, 2.24) is 4.98 Å². The Morgan fingerprint density at radius 2 is 1.92 bits per heavy atom. The monoisotopic (exact) mass is 352 g/mol. The summed E-state index contributed by atoms with van der Waals surface area (Å²) in [4.78, 5) is 30.3. The number of carboxylic acid groups (broad SMARTS) is 1. The van der Waals surface area contributed by atoms with Gasteiger partial charge in [0.2, 0.25) is 5.91 Å². The second-order valence-corrected chi connectivity index (χ2v) is 7.14. The van der Waals surface area contributed by atoms with Crippen molar-refractivity contribution in [1.29, 1.82) is 0 Å². The number of aryl methyl sites for hydroxylation is 1. The van der Waals surface area contributed by atoms with Gasteiger partial charge in [-0.05, 0) is 23.8 Å². The standard InChI is InChI=1S/C19H16N2O3S/c22-18(10-9-17-20-14-6-2-4-8-16(14)25-17)21-11-13(19(23)24)12-5-1-3-7-15(12)21/h1-8,13H,9-11H2,(H,23,24)/t13-/m1/s1. The van der Waals surface area contributed by atoms with E-state index in [2.05, 4.69) is 4.98 Å². The number of carboxylic acids is 1. The largest absolute Gasteiger partial charge is 0.481 e. The fourth-order valence-electron chi connectivity index (χ4n) is 3.23. The zero-order valence-electron chi connectivity index (χ0n) is 13.4. The number of aromatic nitrogens is 1. The van der Waals surface area contributed by atoms with Crippen molar-refractivity contribution in [3.8, 4) is 0 Å². The van der Waals surface area contributed by atoms with E-state index in [0.717, 1.165) is 15.2 Å². The summed E-state index contributed by atoms with van der Waals surface area (Å²) in [5.74, 6) is -1.60. The Morgan fingerprint density at radius 3 is 2.72 bits per heavy atom. The molecule has 1 aromatic heterocycles. The van der Waals surface area contributed by atoms with Gasteiger partial charge in [0.1, 0.15) is 5.92 Å². The molecule has 3 aromatic rings. The van der Waals surface area contributed by atoms with E-state index in [0.29, 0.717) is 24.1 Å². The SMILES string of the molecule is O=C(O)[C@@H]1CN(C(=O)CCc2nc3ccccc3s2)c2ccccc21. The van der Waals surface area contributed by atoms with Gasteiger partial charge < -0.3 is 10.0 Å². The van der Waals surface area contributed by atoms with Gasteiger partial charge in [-0.25, -0.2) is 4.98 Å². The van der Waals surface area contributed by atoms with Gasteiger partial charge in [0.15, 0.2) is 0 Å². The first-order valence-corrected chi connectivity index (χ1v) is 8.91. The molecule has 1 amide bonds. The molecule has 0 radical (unpaired) electrons. The average molecular weight is 352 g/mol. The van der Waals surface area contributed by atoms with Crippen LogP contribution >= 0.6 is 11.3 Å². The molecule has 1 atom stereocenters. The Kier molecular flexibility index (Phi) is 3.97. The summed E-state index contributed by atoms with van der Waals surface area (Å²) in [6.07, 6.45) is 0.884. The molecule has 1 N–H and O–H groups in total. The van der Waals surface area contributed by atoms with E-state index in [-0.39, 0.29) is 12.5 Å². The average Bonchev–Trinajstić information content (AvgIpc) is 3.21. The third kappa shape index (κ3) is 2.89. The number of hydrogen-bond donors (Lipinski definition) is 1. The molecule has 1 aliphatic heterocycles. The van der Waals surface area contributed by atoms with Crippen molar-refractivity contribution in [2.45, 2.75) is 18.8 Å². The molecular formula is C19H16N2O3S. The topological polar surface area (TPSA) is 70.5 Å². The Labute approximate surface area is 148 Å². The van der Waals surface area contributed by atoms with Crippen LogP contribution in [0, 0.1) is 0 Å². The molecule has 2 aromatic carbocycles. The van der Waals surface area contributed by atoms with Crippen molar-refractivity contribution in [2.24, 2.45) is 0 Å². The zero-order chi connectivity index (χ0) is 17.4. The molecule has 0 saturated heterocycles. The highest BCUT2D eigenvalue weighted by atomic mass is 32.1. The van der Waals surface area contributed by atoms with Crippen LogP contribution in [-0.4, -0.2) is 28.5 Å². The number of fused-ring (bicyclic) bond motifs is 2. The number of carbonyl (C=O) groups excluding carboxylic acids is 1. The van der Waals surface area contributed by atoms with Crippen LogP contribution in [0.25, 0.3) is 10.2 Å². The second-order valence-electron chi connectivity index (χ2n) is 6.03. The fourth-order valence-corrected chi connectivity index (χ4v) is 4.20. The maximum atomic E-state index is 12.7. The van der Waals surface area contributed by atoms with Crippen molar-refractivity contribution in [3.63, 3.8) is 0 Å². The molecular weight excluding hydrogens is 336 g/mol. The van der Waals surface area contributed by atoms with E-state index >= 15 is 0 Å². The lowest BCUT2D eigenvalue weighted by Gasteiger charge is -2.17. The van der Waals surface area contributed by atoms with Gasteiger partial charge in [0.05, 0.1) is 15.2 Å². The first kappa shape index (κ1) is 15.8. The highest BCUT2D eigenvalue weighted by Gasteiger charge is 2.35. The maximum Gasteiger partial charge on any atom is 0.312 e. The van der Waals surface area contributed by atoms with Crippen LogP contribution in [0.1, 0.15) is 22.9 Å². The van der Waals surface area contributed by atoms with Crippen LogP contribution in [0.15, 0.2) is 48.5 Å². The smallest absolute Gasteiger partial charge is 0.312 e. The number of amides is 1. The quantitative estimate of drug-likeness (QED) is 0.781. The van der Waals surface area contributed by atoms with Crippen LogP contribution in [0.4, 0.5) is 5.69 Å². The third-order valence-corrected chi connectivity index (χ3v) is 5.55. The number of para-hydroxylation sites is 2. The minimum Gasteiger partial charge on any atom is -0.481 e. The minimum atomic E-state index is -0.895. The van der Waals surface area contributed by atoms with E-state index in [4.69, 9.17) is 0 Å². The van der Waals surface area contributed by atoms with E-state index in [9.17, 15) is 14.7 Å². The number of aliphatic carboxylic acids is 1. The molecule has 25 heavy (non-hydrogen) atoms. The summed E-state index contributed by atoms with van der Waals surface area (Å²) in [7, 11) is 0. The number of anilines is 1. The summed E-state index contributed by atoms with van der Waals surface area (Å²) in [6, 6.07) is 15.1. The third-order valence-electron chi connectivity index (χ3n) is 4.46. The van der Waals surface area contributed by atoms with Crippen molar-refractivity contribution in [3.05, 3.63) is 59.1 Å². The number of hydrogen-bond acceptors (Lipinski definition) is 4. The van der Waals surface area contributed by atoms with E-state index < -0.39 is 11.9 Å². The number of thiazole rings is 1. The van der Waals surface area contributed by atoms with Crippen LogP contribution < -0.4 is 4.90 Å². The van der Waals surface area contributed by atoms with Gasteiger partial charge >= 0.3 is 5.97 Å². The van der Waals surface area contributed by atoms with Crippen molar-refractivity contribution >= 4 is 39.1 Å². The minimum absolute atomic E-state index is 0.0598. The van der Waals surface area contributed by atoms with Gasteiger partial charge in [0, 0.05) is 25.1 Å². The molecule has 2 heterocycles.